The zero-order chi connectivity index (χ0) is 14.0. The van der Waals surface area contributed by atoms with Crippen LogP contribution in [0.15, 0.2) is 23.1 Å². The molecule has 18 heavy (non-hydrogen) atoms. The fourth-order valence-corrected chi connectivity index (χ4v) is 2.78. The number of nitrogens with one attached hydrogen (secondary N) is 1. The van der Waals surface area contributed by atoms with Gasteiger partial charge in [-0.3, -0.25) is 0 Å². The summed E-state index contributed by atoms with van der Waals surface area (Å²) in [4.78, 5) is -0.0216. The summed E-state index contributed by atoms with van der Waals surface area (Å²) in [6.07, 6.45) is 5.25. The van der Waals surface area contributed by atoms with Crippen molar-refractivity contribution in [3.05, 3.63) is 18.2 Å². The Bertz CT molecular complexity index is 586. The summed E-state index contributed by atoms with van der Waals surface area (Å²) >= 11 is 0. The molecule has 0 saturated heterocycles. The minimum atomic E-state index is -3.76. The molecule has 0 amide bonds. The number of sulfonamides is 1. The summed E-state index contributed by atoms with van der Waals surface area (Å²) in [6.45, 7) is 3.18. The highest BCUT2D eigenvalue weighted by Crippen LogP contribution is 2.24. The van der Waals surface area contributed by atoms with E-state index >= 15 is 0 Å². The van der Waals surface area contributed by atoms with Crippen molar-refractivity contribution in [2.75, 3.05) is 12.8 Å². The number of benzene rings is 1. The first-order chi connectivity index (χ1) is 8.22. The van der Waals surface area contributed by atoms with Crippen molar-refractivity contribution < 1.29 is 13.2 Å². The molecular weight excluding hydrogens is 252 g/mol. The Kier molecular flexibility index (Phi) is 3.89. The molecule has 0 radical (unpaired) electrons. The second kappa shape index (κ2) is 4.88. The predicted molar refractivity (Wildman–Crippen MR) is 70.6 cm³/mol. The molecule has 0 aliphatic heterocycles. The van der Waals surface area contributed by atoms with Gasteiger partial charge in [-0.25, -0.2) is 8.42 Å². The van der Waals surface area contributed by atoms with E-state index in [4.69, 9.17) is 16.9 Å². The molecule has 6 heteroatoms. The molecule has 1 rings (SSSR count). The van der Waals surface area contributed by atoms with Gasteiger partial charge in [-0.15, -0.1) is 6.42 Å². The third-order valence-electron chi connectivity index (χ3n) is 2.26. The van der Waals surface area contributed by atoms with Crippen LogP contribution >= 0.6 is 0 Å². The molecular formula is C12H16N2O3S. The minimum absolute atomic E-state index is 0.0216. The number of terminal acetylenes is 1. The average molecular weight is 268 g/mol. The number of methoxy groups -OCH3 is 1. The molecule has 0 saturated carbocycles. The zero-order valence-electron chi connectivity index (χ0n) is 10.5. The van der Waals surface area contributed by atoms with Gasteiger partial charge in [-0.1, -0.05) is 5.92 Å². The number of anilines is 1. The van der Waals surface area contributed by atoms with Gasteiger partial charge < -0.3 is 10.5 Å². The fraction of sp³-hybridized carbons (Fsp3) is 0.333. The van der Waals surface area contributed by atoms with Gasteiger partial charge in [0.05, 0.1) is 18.3 Å². The van der Waals surface area contributed by atoms with Crippen molar-refractivity contribution in [1.29, 1.82) is 0 Å². The van der Waals surface area contributed by atoms with E-state index in [9.17, 15) is 8.42 Å². The minimum Gasteiger partial charge on any atom is -0.497 e. The number of nitrogen functional groups attached to an aromatic ring is 1. The standard InChI is InChI=1S/C12H16N2O3S/c1-5-12(2,3)14-18(15,16)11-7-6-9(17-4)8-10(11)13/h1,6-8,14H,13H2,2-4H3. The summed E-state index contributed by atoms with van der Waals surface area (Å²) in [7, 11) is -2.28. The monoisotopic (exact) mass is 268 g/mol. The van der Waals surface area contributed by atoms with E-state index in [1.54, 1.807) is 13.8 Å². The Labute approximate surface area is 107 Å². The van der Waals surface area contributed by atoms with E-state index in [2.05, 4.69) is 10.6 Å². The second-order valence-corrected chi connectivity index (χ2v) is 5.93. The molecule has 0 bridgehead atoms. The van der Waals surface area contributed by atoms with E-state index in [0.717, 1.165) is 0 Å². The largest absolute Gasteiger partial charge is 0.497 e. The van der Waals surface area contributed by atoms with Crippen molar-refractivity contribution >= 4 is 15.7 Å². The molecule has 0 unspecified atom stereocenters. The van der Waals surface area contributed by atoms with E-state index in [-0.39, 0.29) is 10.6 Å². The highest BCUT2D eigenvalue weighted by molar-refractivity contribution is 7.89. The lowest BCUT2D eigenvalue weighted by Gasteiger charge is -2.20. The maximum Gasteiger partial charge on any atom is 0.243 e. The lowest BCUT2D eigenvalue weighted by molar-refractivity contribution is 0.414. The second-order valence-electron chi connectivity index (χ2n) is 4.28. The van der Waals surface area contributed by atoms with Gasteiger partial charge in [-0.05, 0) is 26.0 Å². The summed E-state index contributed by atoms with van der Waals surface area (Å²) in [6, 6.07) is 4.34. The van der Waals surface area contributed by atoms with Gasteiger partial charge in [0, 0.05) is 6.07 Å². The third-order valence-corrected chi connectivity index (χ3v) is 3.99. The first kappa shape index (κ1) is 14.4. The molecule has 0 aliphatic rings. The van der Waals surface area contributed by atoms with Crippen molar-refractivity contribution in [2.45, 2.75) is 24.3 Å². The van der Waals surface area contributed by atoms with Crippen LogP contribution in [0.3, 0.4) is 0 Å². The van der Waals surface area contributed by atoms with Gasteiger partial charge in [-0.2, -0.15) is 4.72 Å². The Morgan fingerprint density at radius 1 is 1.44 bits per heavy atom. The van der Waals surface area contributed by atoms with Crippen molar-refractivity contribution in [3.63, 3.8) is 0 Å². The van der Waals surface area contributed by atoms with Crippen LogP contribution in [0.25, 0.3) is 0 Å². The van der Waals surface area contributed by atoms with Crippen LogP contribution in [-0.4, -0.2) is 21.1 Å². The molecule has 98 valence electrons. The molecule has 0 atom stereocenters. The zero-order valence-corrected chi connectivity index (χ0v) is 11.3. The summed E-state index contributed by atoms with van der Waals surface area (Å²) in [5.41, 5.74) is 4.82. The number of nitrogens with two attached hydrogens (primary N) is 1. The van der Waals surface area contributed by atoms with Crippen LogP contribution in [0.4, 0.5) is 5.69 Å². The fourth-order valence-electron chi connectivity index (χ4n) is 1.32. The van der Waals surface area contributed by atoms with Crippen LogP contribution in [0.5, 0.6) is 5.75 Å². The van der Waals surface area contributed by atoms with E-state index < -0.39 is 15.6 Å². The van der Waals surface area contributed by atoms with Crippen LogP contribution in [0.2, 0.25) is 0 Å². The summed E-state index contributed by atoms with van der Waals surface area (Å²) < 4.78 is 31.5. The Balaban J connectivity index is 3.19. The van der Waals surface area contributed by atoms with Crippen LogP contribution in [-0.2, 0) is 10.0 Å². The SMILES string of the molecule is C#CC(C)(C)NS(=O)(=O)c1ccc(OC)cc1N. The number of hydrogen-bond acceptors (Lipinski definition) is 4. The lowest BCUT2D eigenvalue weighted by Crippen LogP contribution is -2.42. The molecule has 0 heterocycles. The molecule has 0 aromatic heterocycles. The average Bonchev–Trinajstić information content (AvgIpc) is 2.27. The van der Waals surface area contributed by atoms with Gasteiger partial charge >= 0.3 is 0 Å². The molecule has 1 aromatic carbocycles. The van der Waals surface area contributed by atoms with E-state index in [1.165, 1.54) is 25.3 Å². The van der Waals surface area contributed by atoms with Gasteiger partial charge in [0.2, 0.25) is 10.0 Å². The van der Waals surface area contributed by atoms with Crippen LogP contribution in [0, 0.1) is 12.3 Å². The molecule has 0 aliphatic carbocycles. The first-order valence-electron chi connectivity index (χ1n) is 5.17. The molecule has 0 spiro atoms. The summed E-state index contributed by atoms with van der Waals surface area (Å²) in [5, 5.41) is 0. The molecule has 0 fully saturated rings. The Morgan fingerprint density at radius 3 is 2.50 bits per heavy atom. The Morgan fingerprint density at radius 2 is 2.06 bits per heavy atom. The van der Waals surface area contributed by atoms with Gasteiger partial charge in [0.1, 0.15) is 10.6 Å². The Hall–Kier alpha value is -1.71. The highest BCUT2D eigenvalue weighted by Gasteiger charge is 2.25. The van der Waals surface area contributed by atoms with Crippen molar-refractivity contribution in [1.82, 2.24) is 4.72 Å². The van der Waals surface area contributed by atoms with Gasteiger partial charge in [0.25, 0.3) is 0 Å². The molecule has 3 N–H and O–H groups in total. The lowest BCUT2D eigenvalue weighted by atomic mass is 10.1. The summed E-state index contributed by atoms with van der Waals surface area (Å²) in [5.74, 6) is 2.84. The number of rotatable bonds is 4. The topological polar surface area (TPSA) is 81.4 Å². The predicted octanol–water partition coefficient (Wildman–Crippen LogP) is 0.968. The van der Waals surface area contributed by atoms with Crippen LogP contribution < -0.4 is 15.2 Å². The van der Waals surface area contributed by atoms with E-state index in [1.807, 2.05) is 0 Å². The number of hydrogen-bond donors (Lipinski definition) is 2. The first-order valence-corrected chi connectivity index (χ1v) is 6.65. The van der Waals surface area contributed by atoms with Gasteiger partial charge in [0.15, 0.2) is 0 Å². The molecule has 5 nitrogen and oxygen atoms in total. The maximum atomic E-state index is 12.1. The quantitative estimate of drug-likeness (QED) is 0.629. The third kappa shape index (κ3) is 3.15. The maximum absolute atomic E-state index is 12.1. The molecule has 1 aromatic rings. The van der Waals surface area contributed by atoms with Crippen LogP contribution in [0.1, 0.15) is 13.8 Å². The number of ether oxygens (including phenoxy) is 1. The smallest absolute Gasteiger partial charge is 0.243 e. The van der Waals surface area contributed by atoms with Crippen molar-refractivity contribution in [2.24, 2.45) is 0 Å². The van der Waals surface area contributed by atoms with E-state index in [0.29, 0.717) is 5.75 Å². The normalized spacial score (nSPS) is 11.9. The highest BCUT2D eigenvalue weighted by atomic mass is 32.2. The van der Waals surface area contributed by atoms with Crippen molar-refractivity contribution in [3.8, 4) is 18.1 Å².